The molecule has 15 heavy (non-hydrogen) atoms. The van der Waals surface area contributed by atoms with Crippen LogP contribution in [0.25, 0.3) is 0 Å². The molecule has 2 rings (SSSR count). The van der Waals surface area contributed by atoms with Crippen molar-refractivity contribution in [1.29, 1.82) is 0 Å². The minimum Gasteiger partial charge on any atom is -0.0628 e. The molecule has 0 saturated heterocycles. The normalized spacial score (nSPS) is 35.8. The third-order valence-electron chi connectivity index (χ3n) is 5.02. The van der Waals surface area contributed by atoms with E-state index in [1.54, 1.807) is 0 Å². The first-order chi connectivity index (χ1) is 7.03. The lowest BCUT2D eigenvalue weighted by atomic mass is 9.83. The lowest BCUT2D eigenvalue weighted by molar-refractivity contribution is 0.286. The lowest BCUT2D eigenvalue weighted by Crippen LogP contribution is -2.11. The summed E-state index contributed by atoms with van der Waals surface area (Å²) in [5.41, 5.74) is 0.673. The van der Waals surface area contributed by atoms with E-state index >= 15 is 0 Å². The third kappa shape index (κ3) is 2.24. The van der Waals surface area contributed by atoms with E-state index in [0.717, 1.165) is 23.7 Å². The summed E-state index contributed by atoms with van der Waals surface area (Å²) in [4.78, 5) is 0. The van der Waals surface area contributed by atoms with Gasteiger partial charge >= 0.3 is 0 Å². The van der Waals surface area contributed by atoms with Crippen molar-refractivity contribution in [3.8, 4) is 0 Å². The summed E-state index contributed by atoms with van der Waals surface area (Å²) in [7, 11) is 0. The molecule has 0 nitrogen and oxygen atoms in total. The van der Waals surface area contributed by atoms with Crippen molar-refractivity contribution >= 4 is 0 Å². The van der Waals surface area contributed by atoms with Gasteiger partial charge in [-0.3, -0.25) is 0 Å². The predicted molar refractivity (Wildman–Crippen MR) is 66.8 cm³/mol. The van der Waals surface area contributed by atoms with Crippen LogP contribution in [0.5, 0.6) is 0 Å². The fourth-order valence-corrected chi connectivity index (χ4v) is 4.17. The van der Waals surface area contributed by atoms with E-state index in [2.05, 4.69) is 27.7 Å². The van der Waals surface area contributed by atoms with Crippen LogP contribution in [-0.4, -0.2) is 0 Å². The van der Waals surface area contributed by atoms with Crippen LogP contribution in [0.2, 0.25) is 0 Å². The van der Waals surface area contributed by atoms with Crippen LogP contribution in [0.3, 0.4) is 0 Å². The molecule has 2 atom stereocenters. The average molecular weight is 208 g/mol. The molecule has 2 fully saturated rings. The second-order valence-corrected chi connectivity index (χ2v) is 6.98. The van der Waals surface area contributed by atoms with E-state index in [4.69, 9.17) is 0 Å². The van der Waals surface area contributed by atoms with Gasteiger partial charge in [0.15, 0.2) is 0 Å². The zero-order valence-electron chi connectivity index (χ0n) is 11.1. The summed E-state index contributed by atoms with van der Waals surface area (Å²) in [6.45, 7) is 9.79. The van der Waals surface area contributed by atoms with Gasteiger partial charge in [0.1, 0.15) is 0 Å². The van der Waals surface area contributed by atoms with Crippen LogP contribution < -0.4 is 0 Å². The van der Waals surface area contributed by atoms with Gasteiger partial charge in [0.05, 0.1) is 0 Å². The average Bonchev–Trinajstić information content (AvgIpc) is 2.68. The quantitative estimate of drug-likeness (QED) is 0.620. The van der Waals surface area contributed by atoms with E-state index in [0.29, 0.717) is 5.41 Å². The van der Waals surface area contributed by atoms with Gasteiger partial charge in [-0.1, -0.05) is 59.8 Å². The van der Waals surface area contributed by atoms with Gasteiger partial charge < -0.3 is 0 Å². The molecule has 2 aliphatic rings. The molecule has 88 valence electrons. The van der Waals surface area contributed by atoms with Gasteiger partial charge in [-0.2, -0.15) is 0 Å². The number of hydrogen-bond acceptors (Lipinski definition) is 0. The molecular formula is C15H28. The van der Waals surface area contributed by atoms with E-state index < -0.39 is 0 Å². The standard InChI is InChI=1S/C15H28/c1-11(2)10-13-14(15(13,3)4)12-8-6-5-7-9-12/h11-14H,5-10H2,1-4H3. The highest BCUT2D eigenvalue weighted by atomic mass is 14.6. The molecule has 0 heteroatoms. The van der Waals surface area contributed by atoms with Gasteiger partial charge in [0.25, 0.3) is 0 Å². The van der Waals surface area contributed by atoms with Crippen molar-refractivity contribution in [3.05, 3.63) is 0 Å². The highest BCUT2D eigenvalue weighted by Gasteiger charge is 2.59. The molecule has 0 bridgehead atoms. The van der Waals surface area contributed by atoms with Crippen LogP contribution in [0.4, 0.5) is 0 Å². The van der Waals surface area contributed by atoms with Crippen LogP contribution in [-0.2, 0) is 0 Å². The Labute approximate surface area is 95.8 Å². The van der Waals surface area contributed by atoms with Crippen LogP contribution in [0, 0.1) is 29.1 Å². The molecule has 0 radical (unpaired) electrons. The number of hydrogen-bond donors (Lipinski definition) is 0. The Morgan fingerprint density at radius 2 is 1.67 bits per heavy atom. The Hall–Kier alpha value is 0. The minimum atomic E-state index is 0.673. The monoisotopic (exact) mass is 208 g/mol. The topological polar surface area (TPSA) is 0 Å². The summed E-state index contributed by atoms with van der Waals surface area (Å²) in [6, 6.07) is 0. The first-order valence-electron chi connectivity index (χ1n) is 7.03. The fourth-order valence-electron chi connectivity index (χ4n) is 4.17. The van der Waals surface area contributed by atoms with Crippen molar-refractivity contribution in [2.24, 2.45) is 29.1 Å². The first kappa shape index (κ1) is 11.5. The van der Waals surface area contributed by atoms with Crippen molar-refractivity contribution in [2.45, 2.75) is 66.2 Å². The maximum absolute atomic E-state index is 2.51. The zero-order chi connectivity index (χ0) is 11.1. The molecule has 2 aliphatic carbocycles. The third-order valence-corrected chi connectivity index (χ3v) is 5.02. The summed E-state index contributed by atoms with van der Waals surface area (Å²) in [6.07, 6.45) is 9.04. The molecule has 0 aromatic rings. The van der Waals surface area contributed by atoms with Crippen molar-refractivity contribution < 1.29 is 0 Å². The molecule has 0 amide bonds. The van der Waals surface area contributed by atoms with Gasteiger partial charge in [0, 0.05) is 0 Å². The van der Waals surface area contributed by atoms with E-state index in [-0.39, 0.29) is 0 Å². The van der Waals surface area contributed by atoms with Crippen LogP contribution >= 0.6 is 0 Å². The zero-order valence-corrected chi connectivity index (χ0v) is 11.1. The van der Waals surface area contributed by atoms with Gasteiger partial charge in [-0.15, -0.1) is 0 Å². The Kier molecular flexibility index (Phi) is 3.14. The van der Waals surface area contributed by atoms with E-state index in [9.17, 15) is 0 Å². The Bertz CT molecular complexity index is 208. The molecule has 2 unspecified atom stereocenters. The van der Waals surface area contributed by atoms with Crippen LogP contribution in [0.1, 0.15) is 66.2 Å². The van der Waals surface area contributed by atoms with E-state index in [1.807, 2.05) is 0 Å². The highest BCUT2D eigenvalue weighted by Crippen LogP contribution is 2.65. The van der Waals surface area contributed by atoms with Gasteiger partial charge in [0.2, 0.25) is 0 Å². The summed E-state index contributed by atoms with van der Waals surface area (Å²) < 4.78 is 0. The SMILES string of the molecule is CC(C)CC1C(C2CCCCC2)C1(C)C. The van der Waals surface area contributed by atoms with Gasteiger partial charge in [-0.25, -0.2) is 0 Å². The van der Waals surface area contributed by atoms with Crippen LogP contribution in [0.15, 0.2) is 0 Å². The first-order valence-corrected chi connectivity index (χ1v) is 7.03. The maximum atomic E-state index is 2.51. The van der Waals surface area contributed by atoms with Crippen molar-refractivity contribution in [3.63, 3.8) is 0 Å². The largest absolute Gasteiger partial charge is 0.0628 e. The second kappa shape index (κ2) is 4.11. The Morgan fingerprint density at radius 1 is 1.07 bits per heavy atom. The van der Waals surface area contributed by atoms with E-state index in [1.165, 1.54) is 38.5 Å². The van der Waals surface area contributed by atoms with Crippen molar-refractivity contribution in [2.75, 3.05) is 0 Å². The summed E-state index contributed by atoms with van der Waals surface area (Å²) >= 11 is 0. The summed E-state index contributed by atoms with van der Waals surface area (Å²) in [5, 5.41) is 0. The molecule has 2 saturated carbocycles. The Morgan fingerprint density at radius 3 is 2.20 bits per heavy atom. The molecule has 0 aromatic carbocycles. The highest BCUT2D eigenvalue weighted by molar-refractivity contribution is 5.07. The molecule has 0 heterocycles. The minimum absolute atomic E-state index is 0.673. The summed E-state index contributed by atoms with van der Waals surface area (Å²) in [5.74, 6) is 4.08. The molecule has 0 N–H and O–H groups in total. The second-order valence-electron chi connectivity index (χ2n) is 6.98. The lowest BCUT2D eigenvalue weighted by Gasteiger charge is -2.23. The molecule has 0 aromatic heterocycles. The van der Waals surface area contributed by atoms with Gasteiger partial charge in [-0.05, 0) is 35.5 Å². The predicted octanol–water partition coefficient (Wildman–Crippen LogP) is 4.89. The smallest absolute Gasteiger partial charge is 0.0289 e. The molecular weight excluding hydrogens is 180 g/mol. The molecule has 0 aliphatic heterocycles. The maximum Gasteiger partial charge on any atom is -0.0289 e. The Balaban J connectivity index is 1.92. The molecule has 0 spiro atoms. The number of rotatable bonds is 3. The fraction of sp³-hybridized carbons (Fsp3) is 1.00. The van der Waals surface area contributed by atoms with Crippen molar-refractivity contribution in [1.82, 2.24) is 0 Å².